The van der Waals surface area contributed by atoms with Crippen LogP contribution < -0.4 is 0 Å². The van der Waals surface area contributed by atoms with Crippen LogP contribution in [0.3, 0.4) is 0 Å². The van der Waals surface area contributed by atoms with E-state index in [2.05, 4.69) is 43.0 Å². The molecule has 3 rings (SSSR count). The van der Waals surface area contributed by atoms with Crippen molar-refractivity contribution in [3.05, 3.63) is 12.2 Å². The van der Waals surface area contributed by atoms with E-state index >= 15 is 0 Å². The van der Waals surface area contributed by atoms with E-state index in [1.807, 2.05) is 0 Å². The Hall–Kier alpha value is 0.470. The quantitative estimate of drug-likeness (QED) is 0.294. The Bertz CT molecular complexity index is 361. The second kappa shape index (κ2) is 4.49. The highest BCUT2D eigenvalue weighted by Gasteiger charge is 2.57. The molecule has 0 amide bonds. The summed E-state index contributed by atoms with van der Waals surface area (Å²) in [6, 6.07) is 0. The molecule has 5 atom stereocenters. The van der Waals surface area contributed by atoms with Crippen LogP contribution in [-0.4, -0.2) is 3.42 Å². The predicted octanol–water partition coefficient (Wildman–Crippen LogP) is 5.75. The Morgan fingerprint density at radius 2 is 2.00 bits per heavy atom. The van der Waals surface area contributed by atoms with Gasteiger partial charge in [-0.05, 0) is 61.7 Å². The average molecular weight is 358 g/mol. The first-order valence-electron chi connectivity index (χ1n) is 7.81. The van der Waals surface area contributed by atoms with Crippen LogP contribution in [0.25, 0.3) is 0 Å². The number of fused-ring (bicyclic) bond motifs is 3. The van der Waals surface area contributed by atoms with Gasteiger partial charge in [0.1, 0.15) is 0 Å². The van der Waals surface area contributed by atoms with Crippen molar-refractivity contribution in [3.8, 4) is 0 Å². The fraction of sp³-hybridized carbons (Fsp3) is 0.882. The molecule has 0 aromatic rings. The monoisotopic (exact) mass is 358 g/mol. The highest BCUT2D eigenvalue weighted by atomic mass is 127. The van der Waals surface area contributed by atoms with E-state index in [9.17, 15) is 0 Å². The molecule has 0 aliphatic heterocycles. The average Bonchev–Trinajstić information content (AvgIpc) is 2.27. The van der Waals surface area contributed by atoms with Crippen molar-refractivity contribution in [1.82, 2.24) is 0 Å². The Labute approximate surface area is 126 Å². The van der Waals surface area contributed by atoms with Gasteiger partial charge in [-0.25, -0.2) is 0 Å². The van der Waals surface area contributed by atoms with Gasteiger partial charge in [-0.3, -0.25) is 0 Å². The van der Waals surface area contributed by atoms with Crippen molar-refractivity contribution in [3.63, 3.8) is 0 Å². The Balaban J connectivity index is 1.93. The van der Waals surface area contributed by atoms with Gasteiger partial charge in [0.25, 0.3) is 0 Å². The first kappa shape index (κ1) is 13.5. The molecule has 0 saturated heterocycles. The molecule has 0 spiro atoms. The van der Waals surface area contributed by atoms with E-state index in [1.54, 1.807) is 0 Å². The predicted molar refractivity (Wildman–Crippen MR) is 87.1 cm³/mol. The van der Waals surface area contributed by atoms with Gasteiger partial charge < -0.3 is 0 Å². The minimum absolute atomic E-state index is 0.551. The molecule has 3 fully saturated rings. The highest BCUT2D eigenvalue weighted by molar-refractivity contribution is 14.1. The van der Waals surface area contributed by atoms with E-state index in [1.165, 1.54) is 56.9 Å². The molecule has 3 saturated carbocycles. The number of alkyl halides is 1. The second-order valence-electron chi connectivity index (χ2n) is 7.57. The molecule has 18 heavy (non-hydrogen) atoms. The van der Waals surface area contributed by atoms with Gasteiger partial charge >= 0.3 is 0 Å². The molecule has 3 aliphatic rings. The summed E-state index contributed by atoms with van der Waals surface area (Å²) in [7, 11) is 0. The number of hydrogen-bond donors (Lipinski definition) is 0. The fourth-order valence-corrected chi connectivity index (χ4v) is 7.58. The second-order valence-corrected chi connectivity index (χ2v) is 9.72. The number of rotatable bonds is 0. The van der Waals surface area contributed by atoms with Crippen LogP contribution in [0.1, 0.15) is 65.2 Å². The zero-order chi connectivity index (χ0) is 13.0. The third kappa shape index (κ3) is 1.91. The van der Waals surface area contributed by atoms with Gasteiger partial charge in [0, 0.05) is 3.42 Å². The highest BCUT2D eigenvalue weighted by Crippen LogP contribution is 2.64. The third-order valence-electron chi connectivity index (χ3n) is 6.53. The Morgan fingerprint density at radius 1 is 1.22 bits per heavy atom. The largest absolute Gasteiger partial charge is 0.0998 e. The van der Waals surface area contributed by atoms with Gasteiger partial charge in [-0.2, -0.15) is 0 Å². The maximum Gasteiger partial charge on any atom is 0.0293 e. The van der Waals surface area contributed by atoms with Crippen molar-refractivity contribution >= 4 is 22.6 Å². The van der Waals surface area contributed by atoms with Crippen LogP contribution in [0, 0.1) is 23.2 Å². The van der Waals surface area contributed by atoms with Crippen molar-refractivity contribution in [1.29, 1.82) is 0 Å². The molecule has 102 valence electrons. The van der Waals surface area contributed by atoms with Crippen molar-refractivity contribution in [2.45, 2.75) is 68.6 Å². The van der Waals surface area contributed by atoms with E-state index in [0.717, 1.165) is 17.8 Å². The number of hydrogen-bond acceptors (Lipinski definition) is 0. The Morgan fingerprint density at radius 3 is 2.78 bits per heavy atom. The maximum absolute atomic E-state index is 4.29. The first-order chi connectivity index (χ1) is 8.46. The van der Waals surface area contributed by atoms with E-state index in [4.69, 9.17) is 0 Å². The smallest absolute Gasteiger partial charge is 0.0293 e. The minimum atomic E-state index is 0.551. The van der Waals surface area contributed by atoms with Crippen molar-refractivity contribution < 1.29 is 0 Å². The van der Waals surface area contributed by atoms with Gasteiger partial charge in [0.15, 0.2) is 0 Å². The molecule has 0 heterocycles. The number of allylic oxidation sites excluding steroid dienone is 1. The lowest BCUT2D eigenvalue weighted by atomic mass is 9.47. The van der Waals surface area contributed by atoms with Crippen molar-refractivity contribution in [2.75, 3.05) is 0 Å². The SMILES string of the molecule is C=C1CC[C@@H]2[C@](I)(CCC3[C@@H](C)CCC[C@]32C)C1. The molecule has 3 aliphatic carbocycles. The first-order valence-corrected chi connectivity index (χ1v) is 8.89. The minimum Gasteiger partial charge on any atom is -0.0998 e. The summed E-state index contributed by atoms with van der Waals surface area (Å²) in [6.07, 6.45) is 11.4. The molecule has 0 aromatic heterocycles. The summed E-state index contributed by atoms with van der Waals surface area (Å²) in [6.45, 7) is 9.44. The molecule has 1 heteroatoms. The zero-order valence-electron chi connectivity index (χ0n) is 12.0. The van der Waals surface area contributed by atoms with E-state index in [0.29, 0.717) is 8.84 Å². The number of halogens is 1. The fourth-order valence-electron chi connectivity index (χ4n) is 5.70. The maximum atomic E-state index is 4.29. The molecule has 1 unspecified atom stereocenters. The van der Waals surface area contributed by atoms with E-state index < -0.39 is 0 Å². The van der Waals surface area contributed by atoms with Crippen LogP contribution in [0.5, 0.6) is 0 Å². The summed E-state index contributed by atoms with van der Waals surface area (Å²) < 4.78 is 0.551. The lowest BCUT2D eigenvalue weighted by Crippen LogP contribution is -2.55. The lowest BCUT2D eigenvalue weighted by molar-refractivity contribution is -0.0532. The summed E-state index contributed by atoms with van der Waals surface area (Å²) in [5, 5.41) is 0. The molecule has 0 bridgehead atoms. The molecular formula is C17H27I. The van der Waals surface area contributed by atoms with Crippen LogP contribution in [0.4, 0.5) is 0 Å². The molecular weight excluding hydrogens is 331 g/mol. The van der Waals surface area contributed by atoms with E-state index in [-0.39, 0.29) is 0 Å². The summed E-state index contributed by atoms with van der Waals surface area (Å²) in [4.78, 5) is 0. The third-order valence-corrected chi connectivity index (χ3v) is 8.20. The van der Waals surface area contributed by atoms with Crippen LogP contribution in [0.15, 0.2) is 12.2 Å². The van der Waals surface area contributed by atoms with Gasteiger partial charge in [-0.15, -0.1) is 0 Å². The lowest BCUT2D eigenvalue weighted by Gasteiger charge is -2.61. The van der Waals surface area contributed by atoms with Crippen LogP contribution in [-0.2, 0) is 0 Å². The summed E-state index contributed by atoms with van der Waals surface area (Å²) in [5.41, 5.74) is 2.16. The van der Waals surface area contributed by atoms with Crippen molar-refractivity contribution in [2.24, 2.45) is 23.2 Å². The molecule has 0 aromatic carbocycles. The van der Waals surface area contributed by atoms with Gasteiger partial charge in [0.2, 0.25) is 0 Å². The van der Waals surface area contributed by atoms with Crippen LogP contribution >= 0.6 is 22.6 Å². The Kier molecular flexibility index (Phi) is 3.36. The standard InChI is InChI=1S/C17H27I/c1-12-6-7-15-16(3)9-4-5-13(2)14(16)8-10-17(15,18)11-12/h13-15H,1,4-11H2,2-3H3/t13-,14?,15-,16+,17-/m0/s1. The normalized spacial score (nSPS) is 52.6. The van der Waals surface area contributed by atoms with Crippen LogP contribution in [0.2, 0.25) is 0 Å². The summed E-state index contributed by atoms with van der Waals surface area (Å²) in [5.74, 6) is 2.93. The van der Waals surface area contributed by atoms with Gasteiger partial charge in [0.05, 0.1) is 0 Å². The summed E-state index contributed by atoms with van der Waals surface area (Å²) >= 11 is 2.83. The zero-order valence-corrected chi connectivity index (χ0v) is 14.1. The molecule has 0 radical (unpaired) electrons. The molecule has 0 N–H and O–H groups in total. The molecule has 0 nitrogen and oxygen atoms in total. The van der Waals surface area contributed by atoms with Gasteiger partial charge in [-0.1, -0.05) is 61.4 Å². The topological polar surface area (TPSA) is 0 Å².